The number of nitrogens with one attached hydrogen (secondary N) is 3. The average molecular weight is 743 g/mol. The minimum atomic E-state index is -1.47. The van der Waals surface area contributed by atoms with E-state index in [9.17, 15) is 19.5 Å². The van der Waals surface area contributed by atoms with Gasteiger partial charge in [-0.25, -0.2) is 15.0 Å². The second-order valence-electron chi connectivity index (χ2n) is 12.8. The molecule has 15 heteroatoms. The van der Waals surface area contributed by atoms with Crippen LogP contribution in [0, 0.1) is 5.92 Å². The maximum atomic E-state index is 13.0. The molecule has 3 amide bonds. The van der Waals surface area contributed by atoms with Gasteiger partial charge in [0.2, 0.25) is 17.7 Å². The van der Waals surface area contributed by atoms with Crippen LogP contribution in [0.15, 0.2) is 91.3 Å². The first-order valence-corrected chi connectivity index (χ1v) is 17.8. The van der Waals surface area contributed by atoms with Crippen molar-refractivity contribution < 1.29 is 33.7 Å². The van der Waals surface area contributed by atoms with E-state index in [-0.39, 0.29) is 37.3 Å². The normalized spacial score (nSPS) is 12.7. The van der Waals surface area contributed by atoms with Gasteiger partial charge in [-0.1, -0.05) is 62.4 Å². The Morgan fingerprint density at radius 3 is 2.24 bits per heavy atom. The molecule has 0 aliphatic carbocycles. The Bertz CT molecular complexity index is 1730. The van der Waals surface area contributed by atoms with E-state index in [0.717, 1.165) is 11.3 Å². The van der Waals surface area contributed by atoms with Crippen LogP contribution in [0.4, 0.5) is 17.3 Å². The molecule has 0 bridgehead atoms. The molecule has 3 atom stereocenters. The van der Waals surface area contributed by atoms with Crippen LogP contribution in [0.3, 0.4) is 0 Å². The molecular weight excluding hydrogens is 692 g/mol. The summed E-state index contributed by atoms with van der Waals surface area (Å²) in [6.07, 6.45) is 2.26. The lowest BCUT2D eigenvalue weighted by Gasteiger charge is -2.24. The Morgan fingerprint density at radius 2 is 1.57 bits per heavy atom. The predicted octanol–water partition coefficient (Wildman–Crippen LogP) is 2.88. The molecule has 0 radical (unpaired) electrons. The van der Waals surface area contributed by atoms with Crippen molar-refractivity contribution in [3.8, 4) is 5.88 Å². The Kier molecular flexibility index (Phi) is 16.7. The molecule has 0 spiro atoms. The zero-order valence-corrected chi connectivity index (χ0v) is 30.9. The monoisotopic (exact) mass is 742 g/mol. The number of anilines is 3. The van der Waals surface area contributed by atoms with E-state index in [1.165, 1.54) is 25.6 Å². The van der Waals surface area contributed by atoms with Crippen LogP contribution >= 0.6 is 0 Å². The number of aliphatic hydroxyl groups is 1. The fourth-order valence-corrected chi connectivity index (χ4v) is 5.33. The number of nitrogens with zero attached hydrogens (tertiary/aromatic N) is 4. The highest BCUT2D eigenvalue weighted by molar-refractivity contribution is 6.03. The Morgan fingerprint density at radius 1 is 0.870 bits per heavy atom. The standard InChI is InChI=1S/C39H50N8O7/c1-27(2)24-33(45-38(51)35(48)31(40)25-28-10-6-4-7-11-28)36(49)41-18-20-53-22-23-54-21-19-47(30-12-8-5-9-13-30)39-42-17-16-32(46-39)37(50)44-29-14-15-34(52-3)43-26-29/h4-17,26-27,31,33,35,48H,18-25,40H2,1-3H3,(H,41,49)(H,44,50)(H,45,51). The van der Waals surface area contributed by atoms with Crippen molar-refractivity contribution in [1.82, 2.24) is 25.6 Å². The number of carbonyl (C=O) groups excluding carboxylic acids is 3. The molecule has 0 aliphatic rings. The topological polar surface area (TPSA) is 203 Å². The summed E-state index contributed by atoms with van der Waals surface area (Å²) in [4.78, 5) is 53.6. The molecule has 2 aromatic heterocycles. The second kappa shape index (κ2) is 21.9. The lowest BCUT2D eigenvalue weighted by Crippen LogP contribution is -2.54. The zero-order valence-electron chi connectivity index (χ0n) is 30.9. The minimum Gasteiger partial charge on any atom is -0.481 e. The maximum absolute atomic E-state index is 13.0. The van der Waals surface area contributed by atoms with Gasteiger partial charge in [-0.05, 0) is 48.6 Å². The number of nitrogens with two attached hydrogens (primary N) is 1. The van der Waals surface area contributed by atoms with E-state index >= 15 is 0 Å². The Balaban J connectivity index is 1.19. The fourth-order valence-electron chi connectivity index (χ4n) is 5.33. The van der Waals surface area contributed by atoms with E-state index in [4.69, 9.17) is 19.9 Å². The van der Waals surface area contributed by atoms with E-state index in [2.05, 4.69) is 30.9 Å². The van der Waals surface area contributed by atoms with Gasteiger partial charge in [-0.15, -0.1) is 0 Å². The first-order chi connectivity index (χ1) is 26.1. The van der Waals surface area contributed by atoms with Gasteiger partial charge in [0.15, 0.2) is 0 Å². The Hall–Kier alpha value is -5.48. The van der Waals surface area contributed by atoms with Gasteiger partial charge in [0.05, 0.1) is 45.4 Å². The molecule has 0 saturated carbocycles. The number of para-hydroxylation sites is 1. The van der Waals surface area contributed by atoms with E-state index in [0.29, 0.717) is 50.1 Å². The molecular formula is C39H50N8O7. The van der Waals surface area contributed by atoms with Gasteiger partial charge >= 0.3 is 0 Å². The van der Waals surface area contributed by atoms with Gasteiger partial charge in [0, 0.05) is 37.1 Å². The summed E-state index contributed by atoms with van der Waals surface area (Å²) in [6.45, 7) is 5.61. The number of hydrogen-bond donors (Lipinski definition) is 5. The van der Waals surface area contributed by atoms with E-state index < -0.39 is 30.0 Å². The van der Waals surface area contributed by atoms with Gasteiger partial charge in [0.25, 0.3) is 11.8 Å². The third-order valence-corrected chi connectivity index (χ3v) is 8.09. The molecule has 54 heavy (non-hydrogen) atoms. The summed E-state index contributed by atoms with van der Waals surface area (Å²) in [5.41, 5.74) is 8.50. The highest BCUT2D eigenvalue weighted by Gasteiger charge is 2.28. The number of pyridine rings is 1. The molecule has 288 valence electrons. The SMILES string of the molecule is COc1ccc(NC(=O)c2ccnc(N(CCOCCOCCNC(=O)C(CC(C)C)NC(=O)C(O)C(N)Cc3ccccc3)c3ccccc3)n2)cn1. The number of benzene rings is 2. The van der Waals surface area contributed by atoms with Crippen molar-refractivity contribution in [2.75, 3.05) is 56.8 Å². The summed E-state index contributed by atoms with van der Waals surface area (Å²) in [7, 11) is 1.51. The van der Waals surface area contributed by atoms with Crippen LogP contribution in [0.25, 0.3) is 0 Å². The Labute approximate surface area is 315 Å². The second-order valence-corrected chi connectivity index (χ2v) is 12.8. The van der Waals surface area contributed by atoms with Crippen molar-refractivity contribution in [2.45, 2.75) is 44.9 Å². The van der Waals surface area contributed by atoms with Crippen molar-refractivity contribution in [3.05, 3.63) is 103 Å². The lowest BCUT2D eigenvalue weighted by atomic mass is 10.00. The van der Waals surface area contributed by atoms with Gasteiger partial charge in [-0.2, -0.15) is 0 Å². The first kappa shape index (κ1) is 41.3. The summed E-state index contributed by atoms with van der Waals surface area (Å²) >= 11 is 0. The molecule has 6 N–H and O–H groups in total. The van der Waals surface area contributed by atoms with Gasteiger partial charge in [0.1, 0.15) is 17.8 Å². The quantitative estimate of drug-likeness (QED) is 0.0739. The summed E-state index contributed by atoms with van der Waals surface area (Å²) in [5, 5.41) is 18.8. The highest BCUT2D eigenvalue weighted by atomic mass is 16.5. The van der Waals surface area contributed by atoms with Crippen LogP contribution in [0.5, 0.6) is 5.88 Å². The van der Waals surface area contributed by atoms with Crippen LogP contribution < -0.4 is 31.3 Å². The molecule has 0 saturated heterocycles. The zero-order chi connectivity index (χ0) is 38.7. The molecule has 3 unspecified atom stereocenters. The summed E-state index contributed by atoms with van der Waals surface area (Å²) in [6, 6.07) is 22.1. The highest BCUT2D eigenvalue weighted by Crippen LogP contribution is 2.22. The van der Waals surface area contributed by atoms with Crippen molar-refractivity contribution in [1.29, 1.82) is 0 Å². The summed E-state index contributed by atoms with van der Waals surface area (Å²) in [5.74, 6) is -0.605. The number of ether oxygens (including phenoxy) is 3. The number of carbonyl (C=O) groups is 3. The molecule has 15 nitrogen and oxygen atoms in total. The van der Waals surface area contributed by atoms with Crippen molar-refractivity contribution in [2.24, 2.45) is 11.7 Å². The van der Waals surface area contributed by atoms with E-state index in [1.54, 1.807) is 12.1 Å². The third kappa shape index (κ3) is 13.5. The van der Waals surface area contributed by atoms with Gasteiger partial charge in [-0.3, -0.25) is 14.4 Å². The third-order valence-electron chi connectivity index (χ3n) is 8.09. The van der Waals surface area contributed by atoms with Gasteiger partial charge < -0.3 is 45.9 Å². The molecule has 0 fully saturated rings. The smallest absolute Gasteiger partial charge is 0.274 e. The van der Waals surface area contributed by atoms with Crippen molar-refractivity contribution in [3.63, 3.8) is 0 Å². The van der Waals surface area contributed by atoms with Crippen LogP contribution in [-0.4, -0.2) is 103 Å². The first-order valence-electron chi connectivity index (χ1n) is 17.8. The number of methoxy groups -OCH3 is 1. The number of rotatable bonds is 22. The number of hydrogen-bond acceptors (Lipinski definition) is 12. The summed E-state index contributed by atoms with van der Waals surface area (Å²) < 4.78 is 16.6. The fraction of sp³-hybridized carbons (Fsp3) is 0.385. The molecule has 2 heterocycles. The number of aliphatic hydroxyl groups excluding tert-OH is 1. The van der Waals surface area contributed by atoms with Crippen LogP contribution in [0.2, 0.25) is 0 Å². The molecule has 0 aliphatic heterocycles. The molecule has 4 rings (SSSR count). The minimum absolute atomic E-state index is 0.111. The largest absolute Gasteiger partial charge is 0.481 e. The predicted molar refractivity (Wildman–Crippen MR) is 204 cm³/mol. The van der Waals surface area contributed by atoms with Crippen LogP contribution in [-0.2, 0) is 25.5 Å². The number of amides is 3. The molecule has 4 aromatic rings. The lowest BCUT2D eigenvalue weighted by molar-refractivity contribution is -0.135. The maximum Gasteiger partial charge on any atom is 0.274 e. The van der Waals surface area contributed by atoms with Crippen LogP contribution in [0.1, 0.15) is 36.3 Å². The number of aromatic nitrogens is 3. The van der Waals surface area contributed by atoms with E-state index in [1.807, 2.05) is 79.4 Å². The average Bonchev–Trinajstić information content (AvgIpc) is 3.18. The molecule has 2 aromatic carbocycles. The van der Waals surface area contributed by atoms with Crippen molar-refractivity contribution >= 4 is 35.0 Å².